The smallest absolute Gasteiger partial charge is 0.246 e. The lowest BCUT2D eigenvalue weighted by Crippen LogP contribution is -2.48. The summed E-state index contributed by atoms with van der Waals surface area (Å²) in [5, 5.41) is 8.37. The summed E-state index contributed by atoms with van der Waals surface area (Å²) in [6.07, 6.45) is 4.99. The van der Waals surface area contributed by atoms with Crippen LogP contribution in [0.15, 0.2) is 36.7 Å². The van der Waals surface area contributed by atoms with Crippen molar-refractivity contribution in [2.24, 2.45) is 0 Å². The molecular formula is C20H23N7O2. The maximum Gasteiger partial charge on any atom is 0.246 e. The summed E-state index contributed by atoms with van der Waals surface area (Å²) in [5.74, 6) is 1.57. The number of piperazine rings is 1. The van der Waals surface area contributed by atoms with Crippen LogP contribution in [0, 0.1) is 0 Å². The lowest BCUT2D eigenvalue weighted by molar-refractivity contribution is -0.126. The van der Waals surface area contributed by atoms with Gasteiger partial charge in [-0.1, -0.05) is 17.3 Å². The minimum Gasteiger partial charge on any atom is -0.497 e. The number of hydrogen-bond acceptors (Lipinski definition) is 7. The van der Waals surface area contributed by atoms with E-state index in [9.17, 15) is 4.79 Å². The van der Waals surface area contributed by atoms with Crippen LogP contribution in [0.4, 0.5) is 5.82 Å². The molecular weight excluding hydrogens is 370 g/mol. The first-order valence-corrected chi connectivity index (χ1v) is 9.59. The van der Waals surface area contributed by atoms with Crippen molar-refractivity contribution < 1.29 is 9.53 Å². The van der Waals surface area contributed by atoms with E-state index in [1.165, 1.54) is 0 Å². The van der Waals surface area contributed by atoms with E-state index in [1.54, 1.807) is 24.2 Å². The summed E-state index contributed by atoms with van der Waals surface area (Å²) in [7, 11) is 1.63. The molecule has 9 heteroatoms. The number of carbonyl (C=O) groups excluding carboxylic acids is 1. The fourth-order valence-electron chi connectivity index (χ4n) is 3.35. The minimum atomic E-state index is 0.00484. The Hall–Kier alpha value is -3.49. The number of nitrogens with zero attached hydrogens (tertiary/aromatic N) is 7. The van der Waals surface area contributed by atoms with Gasteiger partial charge in [0.05, 0.1) is 7.11 Å². The van der Waals surface area contributed by atoms with Crippen LogP contribution < -0.4 is 9.64 Å². The van der Waals surface area contributed by atoms with Crippen LogP contribution in [0.2, 0.25) is 0 Å². The number of hydrogen-bond donors (Lipinski definition) is 0. The van der Waals surface area contributed by atoms with E-state index in [1.807, 2.05) is 42.2 Å². The highest BCUT2D eigenvalue weighted by atomic mass is 16.5. The number of carbonyl (C=O) groups is 1. The summed E-state index contributed by atoms with van der Waals surface area (Å²) in [4.78, 5) is 25.2. The quantitative estimate of drug-likeness (QED) is 0.609. The molecule has 1 aromatic carbocycles. The zero-order valence-corrected chi connectivity index (χ0v) is 16.5. The second-order valence-electron chi connectivity index (χ2n) is 6.69. The third kappa shape index (κ3) is 3.89. The molecule has 29 heavy (non-hydrogen) atoms. The van der Waals surface area contributed by atoms with Gasteiger partial charge in [-0.25, -0.2) is 14.6 Å². The Kier molecular flexibility index (Phi) is 5.37. The average molecular weight is 393 g/mol. The van der Waals surface area contributed by atoms with Gasteiger partial charge < -0.3 is 14.5 Å². The van der Waals surface area contributed by atoms with Gasteiger partial charge >= 0.3 is 0 Å². The third-order valence-electron chi connectivity index (χ3n) is 5.01. The highest BCUT2D eigenvalue weighted by Gasteiger charge is 2.23. The van der Waals surface area contributed by atoms with Crippen molar-refractivity contribution in [3.63, 3.8) is 0 Å². The van der Waals surface area contributed by atoms with Crippen molar-refractivity contribution in [1.29, 1.82) is 0 Å². The second kappa shape index (κ2) is 8.26. The molecule has 1 fully saturated rings. The van der Waals surface area contributed by atoms with Gasteiger partial charge in [0.1, 0.15) is 12.1 Å². The molecule has 3 aromatic rings. The van der Waals surface area contributed by atoms with E-state index in [-0.39, 0.29) is 5.91 Å². The predicted molar refractivity (Wildman–Crippen MR) is 110 cm³/mol. The molecule has 0 aliphatic carbocycles. The Morgan fingerprint density at radius 1 is 1.14 bits per heavy atom. The number of ether oxygens (including phenoxy) is 1. The standard InChI is InChI=1S/C20H23N7O2/c1-3-27-20-18(23-24-27)19(21-14-22-20)26-12-10-25(11-13-26)17(28)9-6-15-4-7-16(29-2)8-5-15/h4-9,14H,3,10-13H2,1-2H3/b9-6+. The van der Waals surface area contributed by atoms with Crippen LogP contribution in [0.25, 0.3) is 17.2 Å². The number of anilines is 1. The van der Waals surface area contributed by atoms with E-state index in [0.717, 1.165) is 22.8 Å². The van der Waals surface area contributed by atoms with Crippen LogP contribution in [-0.4, -0.2) is 69.1 Å². The van der Waals surface area contributed by atoms with Crippen molar-refractivity contribution in [2.45, 2.75) is 13.5 Å². The third-order valence-corrected chi connectivity index (χ3v) is 5.01. The van der Waals surface area contributed by atoms with Crippen LogP contribution >= 0.6 is 0 Å². The number of methoxy groups -OCH3 is 1. The minimum absolute atomic E-state index is 0.00484. The Balaban J connectivity index is 1.39. The molecule has 1 amide bonds. The molecule has 1 aliphatic rings. The summed E-state index contributed by atoms with van der Waals surface area (Å²) >= 11 is 0. The number of aryl methyl sites for hydroxylation is 1. The maximum absolute atomic E-state index is 12.5. The molecule has 4 rings (SSSR count). The Morgan fingerprint density at radius 3 is 2.59 bits per heavy atom. The Morgan fingerprint density at radius 2 is 1.90 bits per heavy atom. The molecule has 0 saturated carbocycles. The number of fused-ring (bicyclic) bond motifs is 1. The van der Waals surface area contributed by atoms with Crippen molar-refractivity contribution >= 4 is 29.0 Å². The Bertz CT molecular complexity index is 1020. The first-order valence-electron chi connectivity index (χ1n) is 9.59. The molecule has 0 atom stereocenters. The lowest BCUT2D eigenvalue weighted by atomic mass is 10.2. The molecule has 9 nitrogen and oxygen atoms in total. The largest absolute Gasteiger partial charge is 0.497 e. The SMILES string of the molecule is CCn1nnc2c(N3CCN(C(=O)/C=C/c4ccc(OC)cc4)CC3)ncnc21. The zero-order chi connectivity index (χ0) is 20.2. The van der Waals surface area contributed by atoms with Gasteiger partial charge in [0.2, 0.25) is 5.91 Å². The van der Waals surface area contributed by atoms with Crippen LogP contribution in [-0.2, 0) is 11.3 Å². The monoisotopic (exact) mass is 393 g/mol. The molecule has 0 spiro atoms. The zero-order valence-electron chi connectivity index (χ0n) is 16.5. The van der Waals surface area contributed by atoms with Gasteiger partial charge in [-0.3, -0.25) is 4.79 Å². The number of rotatable bonds is 5. The van der Waals surface area contributed by atoms with Gasteiger partial charge in [-0.05, 0) is 30.7 Å². The fraction of sp³-hybridized carbons (Fsp3) is 0.350. The summed E-state index contributed by atoms with van der Waals surface area (Å²) < 4.78 is 6.90. The van der Waals surface area contributed by atoms with Gasteiger partial charge in [-0.2, -0.15) is 0 Å². The van der Waals surface area contributed by atoms with E-state index in [0.29, 0.717) is 38.2 Å². The normalized spacial score (nSPS) is 14.7. The van der Waals surface area contributed by atoms with Crippen molar-refractivity contribution in [1.82, 2.24) is 29.9 Å². The van der Waals surface area contributed by atoms with E-state index in [4.69, 9.17) is 4.74 Å². The molecule has 150 valence electrons. The van der Waals surface area contributed by atoms with Crippen molar-refractivity contribution in [2.75, 3.05) is 38.2 Å². The van der Waals surface area contributed by atoms with Crippen molar-refractivity contribution in [3.8, 4) is 5.75 Å². The van der Waals surface area contributed by atoms with Crippen LogP contribution in [0.1, 0.15) is 12.5 Å². The molecule has 3 heterocycles. The highest BCUT2D eigenvalue weighted by molar-refractivity contribution is 5.92. The predicted octanol–water partition coefficient (Wildman–Crippen LogP) is 1.61. The van der Waals surface area contributed by atoms with Gasteiger partial charge in [-0.15, -0.1) is 5.10 Å². The lowest BCUT2D eigenvalue weighted by Gasteiger charge is -2.34. The first-order chi connectivity index (χ1) is 14.2. The summed E-state index contributed by atoms with van der Waals surface area (Å²) in [6.45, 7) is 5.33. The van der Waals surface area contributed by atoms with Gasteiger partial charge in [0, 0.05) is 38.8 Å². The topological polar surface area (TPSA) is 89.3 Å². The van der Waals surface area contributed by atoms with Crippen molar-refractivity contribution in [3.05, 3.63) is 42.2 Å². The van der Waals surface area contributed by atoms with Crippen LogP contribution in [0.3, 0.4) is 0 Å². The number of amides is 1. The molecule has 1 saturated heterocycles. The molecule has 2 aromatic heterocycles. The molecule has 0 radical (unpaired) electrons. The maximum atomic E-state index is 12.5. The van der Waals surface area contributed by atoms with Crippen LogP contribution in [0.5, 0.6) is 5.75 Å². The summed E-state index contributed by atoms with van der Waals surface area (Å²) in [5.41, 5.74) is 2.40. The second-order valence-corrected chi connectivity index (χ2v) is 6.69. The van der Waals surface area contributed by atoms with Gasteiger partial charge in [0.25, 0.3) is 0 Å². The summed E-state index contributed by atoms with van der Waals surface area (Å²) in [6, 6.07) is 7.59. The molecule has 0 unspecified atom stereocenters. The molecule has 0 bridgehead atoms. The van der Waals surface area contributed by atoms with E-state index >= 15 is 0 Å². The van der Waals surface area contributed by atoms with Gasteiger partial charge in [0.15, 0.2) is 17.0 Å². The van der Waals surface area contributed by atoms with E-state index in [2.05, 4.69) is 25.2 Å². The highest BCUT2D eigenvalue weighted by Crippen LogP contribution is 2.22. The van der Waals surface area contributed by atoms with E-state index < -0.39 is 0 Å². The average Bonchev–Trinajstić information content (AvgIpc) is 3.21. The first kappa shape index (κ1) is 18.9. The fourth-order valence-corrected chi connectivity index (χ4v) is 3.35. The molecule has 0 N–H and O–H groups in total. The number of benzene rings is 1. The molecule has 1 aliphatic heterocycles. The Labute approximate surface area is 168 Å². The number of aromatic nitrogens is 5.